The van der Waals surface area contributed by atoms with Crippen LogP contribution in [0.2, 0.25) is 0 Å². The third kappa shape index (κ3) is 3.27. The maximum atomic E-state index is 12.9. The number of nitrogens with zero attached hydrogens (tertiary/aromatic N) is 2. The maximum absolute atomic E-state index is 12.9. The van der Waals surface area contributed by atoms with Gasteiger partial charge in [0.25, 0.3) is 11.8 Å². The van der Waals surface area contributed by atoms with Crippen molar-refractivity contribution < 1.29 is 19.1 Å². The number of carbonyl (C=O) groups excluding carboxylic acids is 3. The molecule has 8 nitrogen and oxygen atoms in total. The molecule has 8 heteroatoms. The molecule has 1 fully saturated rings. The van der Waals surface area contributed by atoms with E-state index < -0.39 is 17.5 Å². The molecule has 2 N–H and O–H groups in total. The van der Waals surface area contributed by atoms with Crippen molar-refractivity contribution in [3.05, 3.63) is 58.9 Å². The predicted molar refractivity (Wildman–Crippen MR) is 103 cm³/mol. The van der Waals surface area contributed by atoms with Gasteiger partial charge in [-0.15, -0.1) is 0 Å². The summed E-state index contributed by atoms with van der Waals surface area (Å²) in [7, 11) is 1.53. The second kappa shape index (κ2) is 6.95. The van der Waals surface area contributed by atoms with Crippen LogP contribution < -0.4 is 15.4 Å². The van der Waals surface area contributed by atoms with Gasteiger partial charge in [-0.25, -0.2) is 4.79 Å². The number of aryl methyl sites for hydroxylation is 1. The number of amides is 4. The number of hydrogen-bond acceptors (Lipinski definition) is 5. The highest BCUT2D eigenvalue weighted by Crippen LogP contribution is 2.28. The maximum Gasteiger partial charge on any atom is 0.323 e. The predicted octanol–water partition coefficient (Wildman–Crippen LogP) is 0.984. The van der Waals surface area contributed by atoms with Crippen molar-refractivity contribution in [1.29, 1.82) is 0 Å². The van der Waals surface area contributed by atoms with Crippen molar-refractivity contribution in [3.63, 3.8) is 0 Å². The summed E-state index contributed by atoms with van der Waals surface area (Å²) >= 11 is 0. The summed E-state index contributed by atoms with van der Waals surface area (Å²) in [6.45, 7) is 2.04. The molecule has 0 spiro atoms. The molecule has 0 saturated carbocycles. The van der Waals surface area contributed by atoms with Gasteiger partial charge in [-0.2, -0.15) is 0 Å². The van der Waals surface area contributed by atoms with Crippen molar-refractivity contribution in [2.45, 2.75) is 19.0 Å². The Morgan fingerprint density at radius 1 is 1.28 bits per heavy atom. The van der Waals surface area contributed by atoms with E-state index in [0.717, 1.165) is 5.56 Å². The quantitative estimate of drug-likeness (QED) is 0.601. The minimum atomic E-state index is -1.54. The van der Waals surface area contributed by atoms with Crippen LogP contribution >= 0.6 is 0 Å². The van der Waals surface area contributed by atoms with Crippen LogP contribution in [0.1, 0.15) is 27.2 Å². The molecule has 1 aromatic heterocycles. The Kier molecular flexibility index (Phi) is 4.43. The highest BCUT2D eigenvalue weighted by molar-refractivity contribution is 6.10. The Bertz CT molecular complexity index is 1100. The van der Waals surface area contributed by atoms with E-state index in [4.69, 9.17) is 4.74 Å². The lowest BCUT2D eigenvalue weighted by Crippen LogP contribution is -2.54. The van der Waals surface area contributed by atoms with Gasteiger partial charge in [0.05, 0.1) is 19.3 Å². The summed E-state index contributed by atoms with van der Waals surface area (Å²) in [4.78, 5) is 43.0. The van der Waals surface area contributed by atoms with Crippen molar-refractivity contribution in [2.75, 3.05) is 13.7 Å². The van der Waals surface area contributed by atoms with Crippen LogP contribution in [0.15, 0.2) is 36.5 Å². The lowest BCUT2D eigenvalue weighted by molar-refractivity contribution is -0.122. The van der Waals surface area contributed by atoms with Gasteiger partial charge < -0.3 is 15.0 Å². The second-order valence-electron chi connectivity index (χ2n) is 6.88. The second-order valence-corrected chi connectivity index (χ2v) is 6.88. The Morgan fingerprint density at radius 2 is 2.10 bits per heavy atom. The number of benzene rings is 1. The lowest BCUT2D eigenvalue weighted by atomic mass is 9.99. The minimum Gasteiger partial charge on any atom is -0.497 e. The molecule has 4 amide bonds. The first kappa shape index (κ1) is 18.5. The van der Waals surface area contributed by atoms with Crippen LogP contribution in [0.5, 0.6) is 5.75 Å². The number of ether oxygens (including phenoxy) is 1. The molecule has 1 aromatic carbocycles. The molecule has 0 radical (unpaired) electrons. The standard InChI is InChI=1S/C21H18N4O4/c1-13-14(4-3-9-22-13)7-8-21(19(27)23-20(28)24-21)12-25-11-15-5-6-16(29-2)10-17(15)18(25)26/h3-6,9-10H,11-12H2,1-2H3,(H2,23,24,27,28). The molecule has 2 aromatic rings. The fourth-order valence-corrected chi connectivity index (χ4v) is 3.40. The van der Waals surface area contributed by atoms with Gasteiger partial charge in [0.2, 0.25) is 5.54 Å². The molecular formula is C21H18N4O4. The van der Waals surface area contributed by atoms with Crippen molar-refractivity contribution in [1.82, 2.24) is 20.5 Å². The summed E-state index contributed by atoms with van der Waals surface area (Å²) in [5.41, 5.74) is 1.14. The molecule has 146 valence electrons. The first-order chi connectivity index (χ1) is 13.9. The largest absolute Gasteiger partial charge is 0.497 e. The van der Waals surface area contributed by atoms with Crippen LogP contribution in [0, 0.1) is 18.8 Å². The topological polar surface area (TPSA) is 101 Å². The molecule has 1 atom stereocenters. The average Bonchev–Trinajstić information content (AvgIpc) is 3.16. The number of imide groups is 1. The molecule has 4 rings (SSSR count). The van der Waals surface area contributed by atoms with Crippen LogP contribution in [-0.2, 0) is 11.3 Å². The first-order valence-electron chi connectivity index (χ1n) is 8.96. The molecule has 0 bridgehead atoms. The number of pyridine rings is 1. The molecular weight excluding hydrogens is 372 g/mol. The molecule has 0 aliphatic carbocycles. The van der Waals surface area contributed by atoms with Gasteiger partial charge in [-0.05, 0) is 36.8 Å². The highest BCUT2D eigenvalue weighted by Gasteiger charge is 2.48. The Morgan fingerprint density at radius 3 is 2.79 bits per heavy atom. The number of fused-ring (bicyclic) bond motifs is 1. The van der Waals surface area contributed by atoms with E-state index in [-0.39, 0.29) is 12.5 Å². The van der Waals surface area contributed by atoms with E-state index >= 15 is 0 Å². The van der Waals surface area contributed by atoms with Crippen LogP contribution in [0.4, 0.5) is 4.79 Å². The highest BCUT2D eigenvalue weighted by atomic mass is 16.5. The molecule has 29 heavy (non-hydrogen) atoms. The van der Waals surface area contributed by atoms with E-state index in [1.54, 1.807) is 37.4 Å². The SMILES string of the molecule is COc1ccc2c(c1)C(=O)N(CC1(C#Cc3cccnc3C)NC(=O)NC1=O)C2. The zero-order valence-corrected chi connectivity index (χ0v) is 15.9. The normalized spacial score (nSPS) is 19.9. The average molecular weight is 390 g/mol. The Balaban J connectivity index is 1.66. The molecule has 3 heterocycles. The molecule has 2 aliphatic heterocycles. The fourth-order valence-electron chi connectivity index (χ4n) is 3.40. The molecule has 1 unspecified atom stereocenters. The third-order valence-electron chi connectivity index (χ3n) is 4.98. The van der Waals surface area contributed by atoms with Gasteiger partial charge in [-0.3, -0.25) is 19.9 Å². The van der Waals surface area contributed by atoms with Gasteiger partial charge in [0.1, 0.15) is 5.75 Å². The van der Waals surface area contributed by atoms with Crippen LogP contribution in [0.3, 0.4) is 0 Å². The number of carbonyl (C=O) groups is 3. The van der Waals surface area contributed by atoms with Gasteiger partial charge >= 0.3 is 6.03 Å². The molecule has 2 aliphatic rings. The number of urea groups is 1. The van der Waals surface area contributed by atoms with Gasteiger partial charge in [-0.1, -0.05) is 17.9 Å². The number of nitrogens with one attached hydrogen (secondary N) is 2. The summed E-state index contributed by atoms with van der Waals surface area (Å²) in [6.07, 6.45) is 1.65. The number of aromatic nitrogens is 1. The van der Waals surface area contributed by atoms with E-state index in [2.05, 4.69) is 27.5 Å². The number of hydrogen-bond donors (Lipinski definition) is 2. The van der Waals surface area contributed by atoms with Gasteiger partial charge in [0, 0.05) is 23.9 Å². The lowest BCUT2D eigenvalue weighted by Gasteiger charge is -2.26. The fraction of sp³-hybridized carbons (Fsp3) is 0.238. The smallest absolute Gasteiger partial charge is 0.323 e. The number of methoxy groups -OCH3 is 1. The van der Waals surface area contributed by atoms with E-state index in [1.807, 2.05) is 6.07 Å². The third-order valence-corrected chi connectivity index (χ3v) is 4.98. The van der Waals surface area contributed by atoms with Crippen LogP contribution in [0.25, 0.3) is 0 Å². The number of rotatable bonds is 3. The van der Waals surface area contributed by atoms with Crippen LogP contribution in [-0.4, -0.2) is 46.9 Å². The zero-order chi connectivity index (χ0) is 20.6. The summed E-state index contributed by atoms with van der Waals surface area (Å²) in [6, 6.07) is 8.14. The van der Waals surface area contributed by atoms with Crippen molar-refractivity contribution >= 4 is 17.8 Å². The summed E-state index contributed by atoms with van der Waals surface area (Å²) in [5.74, 6) is 5.55. The van der Waals surface area contributed by atoms with Gasteiger partial charge in [0.15, 0.2) is 0 Å². The first-order valence-corrected chi connectivity index (χ1v) is 8.96. The van der Waals surface area contributed by atoms with E-state index in [0.29, 0.717) is 29.1 Å². The van der Waals surface area contributed by atoms with E-state index in [9.17, 15) is 14.4 Å². The minimum absolute atomic E-state index is 0.0767. The monoisotopic (exact) mass is 390 g/mol. The van der Waals surface area contributed by atoms with Crippen molar-refractivity contribution in [2.24, 2.45) is 0 Å². The molecule has 1 saturated heterocycles. The summed E-state index contributed by atoms with van der Waals surface area (Å²) < 4.78 is 5.19. The van der Waals surface area contributed by atoms with E-state index in [1.165, 1.54) is 12.0 Å². The summed E-state index contributed by atoms with van der Waals surface area (Å²) in [5, 5.41) is 4.81. The van der Waals surface area contributed by atoms with Crippen molar-refractivity contribution in [3.8, 4) is 17.6 Å². The Labute approximate surface area is 167 Å². The Hall–Kier alpha value is -3.86. The zero-order valence-electron chi connectivity index (χ0n) is 15.9.